The first-order valence-electron chi connectivity index (χ1n) is 12.7. The summed E-state index contributed by atoms with van der Waals surface area (Å²) in [6.45, 7) is 2.39. The normalized spacial score (nSPS) is 19.5. The quantitative estimate of drug-likeness (QED) is 0.325. The van der Waals surface area contributed by atoms with Crippen LogP contribution in [0.15, 0.2) is 23.1 Å². The fraction of sp³-hybridized carbons (Fsp3) is 0.583. The van der Waals surface area contributed by atoms with Crippen LogP contribution in [-0.2, 0) is 9.47 Å². The second-order valence-corrected chi connectivity index (χ2v) is 10.7. The number of carbonyl (C=O) groups is 2. The Bertz CT molecular complexity index is 1490. The van der Waals surface area contributed by atoms with Crippen molar-refractivity contribution < 1.29 is 50.0 Å². The fourth-order valence-electron chi connectivity index (χ4n) is 4.19. The fourth-order valence-corrected chi connectivity index (χ4v) is 4.19. The Morgan fingerprint density at radius 2 is 1.91 bits per heavy atom. The van der Waals surface area contributed by atoms with Crippen molar-refractivity contribution in [2.75, 3.05) is 26.9 Å². The predicted octanol–water partition coefficient (Wildman–Crippen LogP) is 3.28. The number of carbonyl (C=O) groups excluding carboxylic acids is 2. The number of urea groups is 1. The molecule has 0 spiro atoms. The largest absolute Gasteiger partial charge is 0.416 e. The number of fused-ring (bicyclic) bond motifs is 1. The van der Waals surface area contributed by atoms with Crippen LogP contribution in [0.4, 0.5) is 31.1 Å². The molecule has 0 aromatic carbocycles. The summed E-state index contributed by atoms with van der Waals surface area (Å²) in [5.41, 5.74) is -4.74. The van der Waals surface area contributed by atoms with Gasteiger partial charge in [-0.05, 0) is 38.9 Å². The Morgan fingerprint density at radius 1 is 1.21 bits per heavy atom. The molecule has 13 nitrogen and oxygen atoms in total. The Morgan fingerprint density at radius 3 is 2.47 bits per heavy atom. The second kappa shape index (κ2) is 11.3. The highest BCUT2D eigenvalue weighted by molar-refractivity contribution is 5.93. The summed E-state index contributed by atoms with van der Waals surface area (Å²) in [5, 5.41) is 15.7. The van der Waals surface area contributed by atoms with Gasteiger partial charge < -0.3 is 25.0 Å². The standard InChI is InChI=1S/C24H28F6N8O5/c1-12-18(36-43-35-12)19(39)33-15(9-42-21(2,3)23(25,26)27)14-8-38-17(32-14)6-13(7-31-38)16(10-41-5)37-11-22(4,24(28,29)30)34-20(37)40/h6-8,15-16H,9-11H2,1-5H3,(H,33,39)(H,34,40)/t15-,16-,22+/m0/s1. The highest BCUT2D eigenvalue weighted by atomic mass is 19.4. The van der Waals surface area contributed by atoms with Gasteiger partial charge in [0.1, 0.15) is 5.69 Å². The zero-order chi connectivity index (χ0) is 32.0. The van der Waals surface area contributed by atoms with Crippen molar-refractivity contribution in [3.63, 3.8) is 0 Å². The van der Waals surface area contributed by atoms with Crippen molar-refractivity contribution >= 4 is 17.6 Å². The molecule has 0 bridgehead atoms. The van der Waals surface area contributed by atoms with Gasteiger partial charge in [0, 0.05) is 12.7 Å². The van der Waals surface area contributed by atoms with E-state index in [-0.39, 0.29) is 34.9 Å². The Labute approximate surface area is 239 Å². The molecule has 1 aliphatic rings. The number of aryl methyl sites for hydroxylation is 1. The molecule has 0 unspecified atom stereocenters. The molecule has 0 radical (unpaired) electrons. The molecule has 3 aromatic heterocycles. The summed E-state index contributed by atoms with van der Waals surface area (Å²) in [5.74, 6) is -0.823. The van der Waals surface area contributed by atoms with Crippen molar-refractivity contribution in [2.24, 2.45) is 0 Å². The first-order valence-corrected chi connectivity index (χ1v) is 12.7. The van der Waals surface area contributed by atoms with Crippen molar-refractivity contribution in [2.45, 2.75) is 63.3 Å². The van der Waals surface area contributed by atoms with Crippen molar-refractivity contribution in [1.29, 1.82) is 0 Å². The molecule has 1 saturated heterocycles. The molecule has 0 aliphatic carbocycles. The van der Waals surface area contributed by atoms with E-state index in [1.807, 2.05) is 5.32 Å². The van der Waals surface area contributed by atoms with Gasteiger partial charge in [0.15, 0.2) is 22.5 Å². The summed E-state index contributed by atoms with van der Waals surface area (Å²) >= 11 is 0. The number of nitrogens with one attached hydrogen (secondary N) is 2. The van der Waals surface area contributed by atoms with Crippen LogP contribution in [0.25, 0.3) is 5.65 Å². The minimum absolute atomic E-state index is 0.0388. The maximum absolute atomic E-state index is 13.6. The summed E-state index contributed by atoms with van der Waals surface area (Å²) in [7, 11) is 1.31. The van der Waals surface area contributed by atoms with E-state index >= 15 is 0 Å². The zero-order valence-electron chi connectivity index (χ0n) is 23.5. The van der Waals surface area contributed by atoms with Gasteiger partial charge in [-0.2, -0.15) is 31.4 Å². The molecular weight excluding hydrogens is 594 g/mol. The zero-order valence-corrected chi connectivity index (χ0v) is 23.5. The second-order valence-electron chi connectivity index (χ2n) is 10.7. The maximum Gasteiger partial charge on any atom is 0.416 e. The molecule has 3 atom stereocenters. The maximum atomic E-state index is 13.6. The lowest BCUT2D eigenvalue weighted by molar-refractivity contribution is -0.265. The van der Waals surface area contributed by atoms with Gasteiger partial charge in [-0.15, -0.1) is 0 Å². The summed E-state index contributed by atoms with van der Waals surface area (Å²) in [4.78, 5) is 30.8. The van der Waals surface area contributed by atoms with Gasteiger partial charge in [-0.25, -0.2) is 18.9 Å². The first kappa shape index (κ1) is 31.9. The Kier molecular flexibility index (Phi) is 8.35. The van der Waals surface area contributed by atoms with Crippen LogP contribution in [0, 0.1) is 6.92 Å². The number of imidazole rings is 1. The number of hydrogen-bond donors (Lipinski definition) is 2. The van der Waals surface area contributed by atoms with Crippen molar-refractivity contribution in [3.8, 4) is 0 Å². The summed E-state index contributed by atoms with van der Waals surface area (Å²) in [6, 6.07) is -1.78. The van der Waals surface area contributed by atoms with E-state index in [1.165, 1.54) is 37.0 Å². The lowest BCUT2D eigenvalue weighted by atomic mass is 10.0. The number of aromatic nitrogens is 5. The van der Waals surface area contributed by atoms with E-state index in [0.717, 1.165) is 25.7 Å². The van der Waals surface area contributed by atoms with Crippen molar-refractivity contribution in [1.82, 2.24) is 40.4 Å². The smallest absolute Gasteiger partial charge is 0.382 e. The number of nitrogens with zero attached hydrogens (tertiary/aromatic N) is 6. The summed E-state index contributed by atoms with van der Waals surface area (Å²) in [6.07, 6.45) is -6.83. The average molecular weight is 623 g/mol. The monoisotopic (exact) mass is 622 g/mol. The average Bonchev–Trinajstić information content (AvgIpc) is 3.60. The molecule has 1 aliphatic heterocycles. The van der Waals surface area contributed by atoms with E-state index in [2.05, 4.69) is 30.3 Å². The predicted molar refractivity (Wildman–Crippen MR) is 133 cm³/mol. The lowest BCUT2D eigenvalue weighted by Gasteiger charge is -2.30. The van der Waals surface area contributed by atoms with E-state index in [4.69, 9.17) is 9.47 Å². The van der Waals surface area contributed by atoms with Crippen LogP contribution in [0.5, 0.6) is 0 Å². The van der Waals surface area contributed by atoms with Gasteiger partial charge in [0.2, 0.25) is 0 Å². The van der Waals surface area contributed by atoms with E-state index < -0.39 is 60.7 Å². The van der Waals surface area contributed by atoms with Crippen molar-refractivity contribution in [3.05, 3.63) is 41.1 Å². The highest BCUT2D eigenvalue weighted by Gasteiger charge is 2.58. The van der Waals surface area contributed by atoms with Gasteiger partial charge >= 0.3 is 18.4 Å². The Hall–Kier alpha value is -4.00. The van der Waals surface area contributed by atoms with Crippen LogP contribution >= 0.6 is 0 Å². The minimum Gasteiger partial charge on any atom is -0.382 e. The van der Waals surface area contributed by atoms with Gasteiger partial charge in [0.05, 0.1) is 49.9 Å². The van der Waals surface area contributed by atoms with E-state index in [1.54, 1.807) is 0 Å². The van der Waals surface area contributed by atoms with Crippen LogP contribution in [0.3, 0.4) is 0 Å². The molecule has 1 fully saturated rings. The lowest BCUT2D eigenvalue weighted by Crippen LogP contribution is -2.53. The third-order valence-electron chi connectivity index (χ3n) is 7.02. The summed E-state index contributed by atoms with van der Waals surface area (Å²) < 4.78 is 97.3. The molecule has 19 heteroatoms. The molecule has 3 amide bonds. The SMILES string of the molecule is COC[C@@H](c1cnn2cc([C@H](COC(C)(C)C(F)(F)F)NC(=O)c3nonc3C)nc2c1)N1C[C@](C)(C(F)(F)F)NC1=O. The van der Waals surface area contributed by atoms with E-state index in [9.17, 15) is 35.9 Å². The number of amides is 3. The number of alkyl halides is 6. The third-order valence-corrected chi connectivity index (χ3v) is 7.02. The molecule has 0 saturated carbocycles. The van der Waals surface area contributed by atoms with Crippen LogP contribution in [0.2, 0.25) is 0 Å². The number of ether oxygens (including phenoxy) is 2. The molecule has 2 N–H and O–H groups in total. The van der Waals surface area contributed by atoms with Gasteiger partial charge in [0.25, 0.3) is 5.91 Å². The van der Waals surface area contributed by atoms with Crippen LogP contribution in [0.1, 0.15) is 60.3 Å². The van der Waals surface area contributed by atoms with Crippen LogP contribution in [-0.4, -0.2) is 92.1 Å². The van der Waals surface area contributed by atoms with Gasteiger partial charge in [-0.3, -0.25) is 4.79 Å². The number of halogens is 6. The topological polar surface area (TPSA) is 149 Å². The number of rotatable bonds is 10. The highest BCUT2D eigenvalue weighted by Crippen LogP contribution is 2.38. The third kappa shape index (κ3) is 6.36. The molecule has 236 valence electrons. The molecule has 43 heavy (non-hydrogen) atoms. The van der Waals surface area contributed by atoms with Crippen LogP contribution < -0.4 is 10.6 Å². The van der Waals surface area contributed by atoms with E-state index in [0.29, 0.717) is 0 Å². The number of hydrogen-bond acceptors (Lipinski definition) is 9. The van der Waals surface area contributed by atoms with Gasteiger partial charge in [-0.1, -0.05) is 5.16 Å². The number of methoxy groups -OCH3 is 1. The molecule has 4 rings (SSSR count). The first-order chi connectivity index (χ1) is 19.9. The Balaban J connectivity index is 1.66. The molecular formula is C24H28F6N8O5. The molecule has 3 aromatic rings. The molecule has 4 heterocycles. The minimum atomic E-state index is -4.73.